The van der Waals surface area contributed by atoms with Crippen molar-refractivity contribution in [1.29, 1.82) is 0 Å². The highest BCUT2D eigenvalue weighted by Gasteiger charge is 2.55. The molecule has 266 valence electrons. The van der Waals surface area contributed by atoms with E-state index in [1.165, 1.54) is 48.8 Å². The summed E-state index contributed by atoms with van der Waals surface area (Å²) in [5.74, 6) is -2.31. The Hall–Kier alpha value is -2.85. The monoisotopic (exact) mass is 691 g/mol. The Bertz CT molecular complexity index is 1360. The van der Waals surface area contributed by atoms with Gasteiger partial charge in [0.25, 0.3) is 15.9 Å². The number of alkyl halides is 3. The number of nitrogens with zero attached hydrogens (tertiary/aromatic N) is 4. The summed E-state index contributed by atoms with van der Waals surface area (Å²) in [5.41, 5.74) is -0.0388. The molecule has 12 nitrogen and oxygen atoms in total. The molecule has 1 aliphatic carbocycles. The van der Waals surface area contributed by atoms with Gasteiger partial charge in [-0.15, -0.1) is 0 Å². The summed E-state index contributed by atoms with van der Waals surface area (Å²) in [6.07, 6.45) is 7.87. The van der Waals surface area contributed by atoms with Crippen LogP contribution < -0.4 is 5.14 Å². The largest absolute Gasteiger partial charge is 0.490 e. The number of aromatic nitrogens is 1. The minimum atomic E-state index is -5.08. The normalized spacial score (nSPS) is 23.0. The van der Waals surface area contributed by atoms with Gasteiger partial charge in [-0.05, 0) is 50.2 Å². The van der Waals surface area contributed by atoms with E-state index >= 15 is 0 Å². The van der Waals surface area contributed by atoms with Crippen molar-refractivity contribution >= 4 is 28.0 Å². The van der Waals surface area contributed by atoms with Gasteiger partial charge in [-0.1, -0.05) is 39.0 Å². The fourth-order valence-corrected chi connectivity index (χ4v) is 8.41. The number of aliphatic carboxylic acids is 1. The van der Waals surface area contributed by atoms with Crippen LogP contribution in [0.15, 0.2) is 17.2 Å². The number of unbranched alkanes of at least 4 members (excludes halogenated alkanes) is 1. The molecule has 1 aromatic heterocycles. The zero-order valence-corrected chi connectivity index (χ0v) is 28.0. The van der Waals surface area contributed by atoms with E-state index in [0.29, 0.717) is 30.7 Å². The van der Waals surface area contributed by atoms with Gasteiger partial charge < -0.3 is 24.2 Å². The maximum Gasteiger partial charge on any atom is 0.490 e. The third-order valence-electron chi connectivity index (χ3n) is 10.3. The Morgan fingerprint density at radius 3 is 2.15 bits per heavy atom. The van der Waals surface area contributed by atoms with Gasteiger partial charge in [-0.2, -0.15) is 13.2 Å². The van der Waals surface area contributed by atoms with Crippen molar-refractivity contribution in [3.63, 3.8) is 0 Å². The van der Waals surface area contributed by atoms with Gasteiger partial charge >= 0.3 is 18.2 Å². The number of nitrogens with two attached hydrogens (primary N) is 1. The molecule has 1 saturated carbocycles. The van der Waals surface area contributed by atoms with E-state index in [9.17, 15) is 31.2 Å². The fraction of sp³-hybridized carbons (Fsp3) is 0.774. The van der Waals surface area contributed by atoms with E-state index in [4.69, 9.17) is 19.8 Å². The van der Waals surface area contributed by atoms with Crippen molar-refractivity contribution in [2.45, 2.75) is 113 Å². The molecule has 5 rings (SSSR count). The van der Waals surface area contributed by atoms with Gasteiger partial charge in [-0.25, -0.2) is 23.1 Å². The van der Waals surface area contributed by atoms with E-state index in [2.05, 4.69) is 16.7 Å². The number of carboxylic acids is 1. The predicted molar refractivity (Wildman–Crippen MR) is 166 cm³/mol. The molecule has 1 atom stereocenters. The first kappa shape index (κ1) is 37.0. The van der Waals surface area contributed by atoms with Crippen LogP contribution in [0.2, 0.25) is 0 Å². The minimum absolute atomic E-state index is 0.0601. The standard InChI is InChI=1S/C29H47N5O5S.C2HF3O2/c1-3-4-10-25-29(39-28(36)34(25)21-22-8-6-5-7-9-22)15-19-32(20-16-29)23-13-17-33(18-14-23)27(35)24-11-12-26(31(24)2)40(30,37)38;3-2(4,5)1(6)7/h11-12,22-23,25H,3-10,13-21H2,1-2H3,(H2,30,37,38);(H,6,7). The highest BCUT2D eigenvalue weighted by atomic mass is 32.2. The van der Waals surface area contributed by atoms with E-state index in [1.807, 2.05) is 4.90 Å². The molecule has 2 amide bonds. The molecular weight excluding hydrogens is 643 g/mol. The lowest BCUT2D eigenvalue weighted by Crippen LogP contribution is -2.56. The first-order valence-electron chi connectivity index (χ1n) is 16.6. The van der Waals surface area contributed by atoms with Gasteiger partial charge in [0.05, 0.1) is 6.04 Å². The average Bonchev–Trinajstić information content (AvgIpc) is 3.53. The second kappa shape index (κ2) is 15.1. The smallest absolute Gasteiger partial charge is 0.475 e. The average molecular weight is 692 g/mol. The zero-order chi connectivity index (χ0) is 34.6. The van der Waals surface area contributed by atoms with Crippen LogP contribution in [0, 0.1) is 5.92 Å². The van der Waals surface area contributed by atoms with Crippen LogP contribution in [0.4, 0.5) is 18.0 Å². The van der Waals surface area contributed by atoms with Crippen molar-refractivity contribution in [1.82, 2.24) is 19.3 Å². The molecule has 47 heavy (non-hydrogen) atoms. The molecule has 4 fully saturated rings. The van der Waals surface area contributed by atoms with E-state index in [1.54, 1.807) is 7.05 Å². The molecule has 16 heteroatoms. The maximum absolute atomic E-state index is 13.2. The molecule has 3 saturated heterocycles. The quantitative estimate of drug-likeness (QED) is 0.408. The zero-order valence-electron chi connectivity index (χ0n) is 27.2. The summed E-state index contributed by atoms with van der Waals surface area (Å²) < 4.78 is 62.9. The molecular formula is C31H48F3N5O7S. The molecule has 1 aromatic rings. The molecule has 3 N–H and O–H groups in total. The van der Waals surface area contributed by atoms with E-state index in [0.717, 1.165) is 64.6 Å². The Kier molecular flexibility index (Phi) is 11.9. The highest BCUT2D eigenvalue weighted by Crippen LogP contribution is 2.43. The number of likely N-dealkylation sites (tertiary alicyclic amines) is 2. The first-order valence-corrected chi connectivity index (χ1v) is 18.1. The highest BCUT2D eigenvalue weighted by molar-refractivity contribution is 7.89. The van der Waals surface area contributed by atoms with Crippen LogP contribution in [0.5, 0.6) is 0 Å². The van der Waals surface area contributed by atoms with Gasteiger partial charge in [-0.3, -0.25) is 9.69 Å². The topological polar surface area (TPSA) is 155 Å². The number of carbonyl (C=O) groups is 3. The summed E-state index contributed by atoms with van der Waals surface area (Å²) >= 11 is 0. The van der Waals surface area contributed by atoms with Crippen LogP contribution in [0.3, 0.4) is 0 Å². The van der Waals surface area contributed by atoms with Crippen LogP contribution in [0.25, 0.3) is 0 Å². The molecule has 3 aliphatic heterocycles. The third-order valence-corrected chi connectivity index (χ3v) is 11.3. The summed E-state index contributed by atoms with van der Waals surface area (Å²) in [4.78, 5) is 41.7. The predicted octanol–water partition coefficient (Wildman–Crippen LogP) is 4.34. The van der Waals surface area contributed by atoms with Gasteiger partial charge in [0.15, 0.2) is 5.03 Å². The fourth-order valence-electron chi connectivity index (χ4n) is 7.67. The number of piperidine rings is 2. The summed E-state index contributed by atoms with van der Waals surface area (Å²) in [6.45, 7) is 6.13. The van der Waals surface area contributed by atoms with E-state index < -0.39 is 22.2 Å². The number of primary sulfonamides is 1. The number of carbonyl (C=O) groups excluding carboxylic acids is 2. The minimum Gasteiger partial charge on any atom is -0.475 e. The van der Waals surface area contributed by atoms with Gasteiger partial charge in [0.1, 0.15) is 11.3 Å². The summed E-state index contributed by atoms with van der Waals surface area (Å²) in [6, 6.07) is 3.49. The van der Waals surface area contributed by atoms with Gasteiger partial charge in [0, 0.05) is 58.7 Å². The van der Waals surface area contributed by atoms with Crippen molar-refractivity contribution in [3.8, 4) is 0 Å². The van der Waals surface area contributed by atoms with Crippen molar-refractivity contribution in [2.75, 3.05) is 32.7 Å². The molecule has 0 radical (unpaired) electrons. The van der Waals surface area contributed by atoms with Gasteiger partial charge in [0.2, 0.25) is 0 Å². The number of sulfonamides is 1. The Morgan fingerprint density at radius 2 is 1.64 bits per heavy atom. The number of hydrogen-bond acceptors (Lipinski definition) is 7. The lowest BCUT2D eigenvalue weighted by atomic mass is 9.80. The number of ether oxygens (including phenoxy) is 1. The van der Waals surface area contributed by atoms with Crippen molar-refractivity contribution < 1.29 is 45.8 Å². The Morgan fingerprint density at radius 1 is 1.04 bits per heavy atom. The van der Waals surface area contributed by atoms with Crippen molar-refractivity contribution in [2.24, 2.45) is 18.1 Å². The Balaban J connectivity index is 0.000000644. The summed E-state index contributed by atoms with van der Waals surface area (Å²) in [5, 5.41) is 12.3. The van der Waals surface area contributed by atoms with Crippen LogP contribution in [0.1, 0.15) is 94.5 Å². The van der Waals surface area contributed by atoms with Crippen LogP contribution >= 0.6 is 0 Å². The lowest BCUT2D eigenvalue weighted by Gasteiger charge is -2.46. The number of rotatable bonds is 8. The van der Waals surface area contributed by atoms with Crippen LogP contribution in [-0.4, -0.2) is 107 Å². The molecule has 0 bridgehead atoms. The second-order valence-corrected chi connectivity index (χ2v) is 14.8. The number of carboxylic acid groups (broad SMARTS) is 1. The lowest BCUT2D eigenvalue weighted by molar-refractivity contribution is -0.192. The number of amides is 2. The third kappa shape index (κ3) is 8.79. The summed E-state index contributed by atoms with van der Waals surface area (Å²) in [7, 11) is -2.32. The number of halogens is 3. The molecule has 4 aliphatic rings. The van der Waals surface area contributed by atoms with Crippen LogP contribution in [-0.2, 0) is 26.6 Å². The Labute approximate surface area is 274 Å². The molecule has 1 spiro atoms. The second-order valence-electron chi connectivity index (χ2n) is 13.3. The number of hydrogen-bond donors (Lipinski definition) is 2. The first-order chi connectivity index (χ1) is 22.1. The molecule has 4 heterocycles. The van der Waals surface area contributed by atoms with Crippen molar-refractivity contribution in [3.05, 3.63) is 17.8 Å². The SMILES string of the molecule is CCCCC1N(CC2CCCCC2)C(=O)OC12CCN(C1CCN(C(=O)c3ccc(S(N)(=O)=O)n3C)CC1)CC2.O=C(O)C(F)(F)F. The van der Waals surface area contributed by atoms with E-state index in [-0.39, 0.29) is 28.7 Å². The molecule has 0 aromatic carbocycles. The molecule has 1 unspecified atom stereocenters. The maximum atomic E-state index is 13.2.